The summed E-state index contributed by atoms with van der Waals surface area (Å²) < 4.78 is 1.98. The molecular weight excluding hydrogens is 262 g/mol. The standard InChI is InChI=1S/C16H19N5/c1-21-11-19-15-14(21)7-8-18-16(15)20-13(10-17)9-12-5-3-2-4-6-12/h2-8,11,13H,9-10,17H2,1H3,(H,18,20). The Kier molecular flexibility index (Phi) is 3.83. The van der Waals surface area contributed by atoms with Crippen molar-refractivity contribution in [2.75, 3.05) is 11.9 Å². The van der Waals surface area contributed by atoms with Crippen molar-refractivity contribution in [3.8, 4) is 0 Å². The molecule has 1 atom stereocenters. The van der Waals surface area contributed by atoms with Crippen LogP contribution in [-0.4, -0.2) is 27.1 Å². The molecule has 1 aromatic carbocycles. The Morgan fingerprint density at radius 2 is 2.00 bits per heavy atom. The molecule has 1 unspecified atom stereocenters. The molecule has 3 N–H and O–H groups in total. The largest absolute Gasteiger partial charge is 0.364 e. The van der Waals surface area contributed by atoms with Crippen molar-refractivity contribution in [1.29, 1.82) is 0 Å². The van der Waals surface area contributed by atoms with E-state index in [0.29, 0.717) is 6.54 Å². The van der Waals surface area contributed by atoms with Gasteiger partial charge in [-0.15, -0.1) is 0 Å². The van der Waals surface area contributed by atoms with Crippen LogP contribution in [0.1, 0.15) is 5.56 Å². The van der Waals surface area contributed by atoms with Gasteiger partial charge in [0.25, 0.3) is 0 Å². The third-order valence-electron chi connectivity index (χ3n) is 3.59. The second kappa shape index (κ2) is 5.93. The maximum Gasteiger partial charge on any atom is 0.154 e. The van der Waals surface area contributed by atoms with E-state index in [4.69, 9.17) is 5.73 Å². The molecule has 0 radical (unpaired) electrons. The van der Waals surface area contributed by atoms with Crippen molar-refractivity contribution in [2.45, 2.75) is 12.5 Å². The number of nitrogens with zero attached hydrogens (tertiary/aromatic N) is 3. The van der Waals surface area contributed by atoms with E-state index in [9.17, 15) is 0 Å². The van der Waals surface area contributed by atoms with Crippen LogP contribution in [0.5, 0.6) is 0 Å². The SMILES string of the molecule is Cn1cnc2c(NC(CN)Cc3ccccc3)nccc21. The Morgan fingerprint density at radius 3 is 2.76 bits per heavy atom. The van der Waals surface area contributed by atoms with Gasteiger partial charge in [0.2, 0.25) is 0 Å². The van der Waals surface area contributed by atoms with Gasteiger partial charge >= 0.3 is 0 Å². The van der Waals surface area contributed by atoms with Crippen LogP contribution in [0.15, 0.2) is 48.9 Å². The Balaban J connectivity index is 1.82. The van der Waals surface area contributed by atoms with Crippen LogP contribution < -0.4 is 11.1 Å². The Morgan fingerprint density at radius 1 is 1.19 bits per heavy atom. The van der Waals surface area contributed by atoms with Gasteiger partial charge in [-0.05, 0) is 18.1 Å². The minimum atomic E-state index is 0.132. The summed E-state index contributed by atoms with van der Waals surface area (Å²) in [6, 6.07) is 12.4. The van der Waals surface area contributed by atoms with Crippen molar-refractivity contribution >= 4 is 16.9 Å². The van der Waals surface area contributed by atoms with Gasteiger partial charge in [0, 0.05) is 25.8 Å². The molecule has 108 valence electrons. The van der Waals surface area contributed by atoms with Crippen molar-refractivity contribution in [2.24, 2.45) is 12.8 Å². The van der Waals surface area contributed by atoms with Crippen LogP contribution >= 0.6 is 0 Å². The number of pyridine rings is 1. The first-order valence-electron chi connectivity index (χ1n) is 7.04. The predicted octanol–water partition coefficient (Wildman–Crippen LogP) is 1.95. The zero-order valence-electron chi connectivity index (χ0n) is 12.0. The number of aromatic nitrogens is 3. The first kappa shape index (κ1) is 13.6. The lowest BCUT2D eigenvalue weighted by Gasteiger charge is -2.17. The first-order chi connectivity index (χ1) is 10.3. The topological polar surface area (TPSA) is 68.8 Å². The summed E-state index contributed by atoms with van der Waals surface area (Å²) in [7, 11) is 1.98. The molecular formula is C16H19N5. The highest BCUT2D eigenvalue weighted by molar-refractivity contribution is 5.85. The number of nitrogens with one attached hydrogen (secondary N) is 1. The highest BCUT2D eigenvalue weighted by atomic mass is 15.1. The number of nitrogens with two attached hydrogens (primary N) is 1. The number of aryl methyl sites for hydroxylation is 1. The molecule has 0 spiro atoms. The Labute approximate surface area is 123 Å². The summed E-state index contributed by atoms with van der Waals surface area (Å²) in [6.45, 7) is 0.541. The monoisotopic (exact) mass is 281 g/mol. The number of fused-ring (bicyclic) bond motifs is 1. The molecule has 0 fully saturated rings. The lowest BCUT2D eigenvalue weighted by molar-refractivity contribution is 0.721. The second-order valence-corrected chi connectivity index (χ2v) is 5.15. The van der Waals surface area contributed by atoms with Gasteiger partial charge in [-0.2, -0.15) is 0 Å². The zero-order valence-corrected chi connectivity index (χ0v) is 12.0. The van der Waals surface area contributed by atoms with Gasteiger partial charge in [0.15, 0.2) is 5.82 Å². The van der Waals surface area contributed by atoms with E-state index in [-0.39, 0.29) is 6.04 Å². The lowest BCUT2D eigenvalue weighted by atomic mass is 10.1. The van der Waals surface area contributed by atoms with Crippen LogP contribution in [0.4, 0.5) is 5.82 Å². The highest BCUT2D eigenvalue weighted by Crippen LogP contribution is 2.19. The van der Waals surface area contributed by atoms with Gasteiger partial charge < -0.3 is 15.6 Å². The molecule has 0 aliphatic carbocycles. The fourth-order valence-electron chi connectivity index (χ4n) is 2.45. The average Bonchev–Trinajstić information content (AvgIpc) is 2.90. The predicted molar refractivity (Wildman–Crippen MR) is 85.1 cm³/mol. The minimum absolute atomic E-state index is 0.132. The number of hydrogen-bond donors (Lipinski definition) is 2. The van der Waals surface area contributed by atoms with Gasteiger partial charge in [-0.1, -0.05) is 30.3 Å². The van der Waals surface area contributed by atoms with Crippen molar-refractivity contribution < 1.29 is 0 Å². The van der Waals surface area contributed by atoms with Crippen LogP contribution in [0.25, 0.3) is 11.0 Å². The molecule has 0 aliphatic rings. The van der Waals surface area contributed by atoms with Crippen molar-refractivity contribution in [3.63, 3.8) is 0 Å². The molecule has 0 aliphatic heterocycles. The lowest BCUT2D eigenvalue weighted by Crippen LogP contribution is -2.31. The van der Waals surface area contributed by atoms with Crippen LogP contribution in [0.2, 0.25) is 0 Å². The fraction of sp³-hybridized carbons (Fsp3) is 0.250. The first-order valence-corrected chi connectivity index (χ1v) is 7.04. The summed E-state index contributed by atoms with van der Waals surface area (Å²) in [6.07, 6.45) is 4.46. The van der Waals surface area contributed by atoms with Crippen molar-refractivity contribution in [3.05, 3.63) is 54.5 Å². The minimum Gasteiger partial charge on any atom is -0.364 e. The molecule has 5 nitrogen and oxygen atoms in total. The summed E-state index contributed by atoms with van der Waals surface area (Å²) in [5.41, 5.74) is 9.10. The molecule has 0 amide bonds. The normalized spacial score (nSPS) is 12.5. The van der Waals surface area contributed by atoms with Gasteiger partial charge in [0.1, 0.15) is 5.52 Å². The van der Waals surface area contributed by atoms with E-state index in [2.05, 4.69) is 27.4 Å². The van der Waals surface area contributed by atoms with Crippen LogP contribution in [0.3, 0.4) is 0 Å². The maximum absolute atomic E-state index is 5.90. The van der Waals surface area contributed by atoms with Gasteiger partial charge in [-0.3, -0.25) is 0 Å². The van der Waals surface area contributed by atoms with Gasteiger partial charge in [-0.25, -0.2) is 9.97 Å². The summed E-state index contributed by atoms with van der Waals surface area (Å²) in [5, 5.41) is 3.42. The third kappa shape index (κ3) is 2.87. The molecule has 21 heavy (non-hydrogen) atoms. The average molecular weight is 281 g/mol. The molecule has 2 aromatic heterocycles. The summed E-state index contributed by atoms with van der Waals surface area (Å²) in [5.74, 6) is 0.791. The molecule has 0 saturated carbocycles. The smallest absolute Gasteiger partial charge is 0.154 e. The molecule has 3 aromatic rings. The Bertz CT molecular complexity index is 720. The van der Waals surface area contributed by atoms with E-state index < -0.39 is 0 Å². The maximum atomic E-state index is 5.90. The number of anilines is 1. The molecule has 3 rings (SSSR count). The zero-order chi connectivity index (χ0) is 14.7. The molecule has 5 heteroatoms. The van der Waals surface area contributed by atoms with E-state index in [1.54, 1.807) is 12.5 Å². The molecule has 0 saturated heterocycles. The number of hydrogen-bond acceptors (Lipinski definition) is 4. The third-order valence-corrected chi connectivity index (χ3v) is 3.59. The van der Waals surface area contributed by atoms with E-state index in [0.717, 1.165) is 23.3 Å². The van der Waals surface area contributed by atoms with Crippen LogP contribution in [-0.2, 0) is 13.5 Å². The summed E-state index contributed by atoms with van der Waals surface area (Å²) in [4.78, 5) is 8.82. The highest BCUT2D eigenvalue weighted by Gasteiger charge is 2.12. The van der Waals surface area contributed by atoms with Gasteiger partial charge in [0.05, 0.1) is 11.8 Å². The van der Waals surface area contributed by atoms with E-state index >= 15 is 0 Å². The number of imidazole rings is 1. The molecule has 2 heterocycles. The fourth-order valence-corrected chi connectivity index (χ4v) is 2.45. The number of benzene rings is 1. The number of rotatable bonds is 5. The van der Waals surface area contributed by atoms with E-state index in [1.807, 2.05) is 35.9 Å². The Hall–Kier alpha value is -2.40. The summed E-state index contributed by atoms with van der Waals surface area (Å²) >= 11 is 0. The van der Waals surface area contributed by atoms with Crippen molar-refractivity contribution in [1.82, 2.24) is 14.5 Å². The molecule has 0 bridgehead atoms. The second-order valence-electron chi connectivity index (χ2n) is 5.15. The quantitative estimate of drug-likeness (QED) is 0.750. The van der Waals surface area contributed by atoms with E-state index in [1.165, 1.54) is 5.56 Å². The van der Waals surface area contributed by atoms with Crippen LogP contribution in [0, 0.1) is 0 Å².